The lowest BCUT2D eigenvalue weighted by Crippen LogP contribution is -2.50. The SMILES string of the molecule is O=C(CN1CCCCC1C(=O)Nc1ccc(Cl)c(Cl)c1)NCc1cccs1. The van der Waals surface area contributed by atoms with Gasteiger partial charge in [0.2, 0.25) is 11.8 Å². The molecule has 0 radical (unpaired) electrons. The molecule has 1 aromatic carbocycles. The second-order valence-corrected chi connectivity index (χ2v) is 8.30. The quantitative estimate of drug-likeness (QED) is 0.729. The average molecular weight is 426 g/mol. The number of benzene rings is 1. The Morgan fingerprint density at radius 3 is 2.78 bits per heavy atom. The van der Waals surface area contributed by atoms with Crippen molar-refractivity contribution in [1.29, 1.82) is 0 Å². The number of hydrogen-bond donors (Lipinski definition) is 2. The first-order chi connectivity index (χ1) is 13.0. The average Bonchev–Trinajstić information content (AvgIpc) is 3.17. The molecule has 3 rings (SSSR count). The summed E-state index contributed by atoms with van der Waals surface area (Å²) < 4.78 is 0. The van der Waals surface area contributed by atoms with Crippen LogP contribution in [0.25, 0.3) is 0 Å². The summed E-state index contributed by atoms with van der Waals surface area (Å²) in [5.74, 6) is -0.197. The minimum Gasteiger partial charge on any atom is -0.350 e. The second-order valence-electron chi connectivity index (χ2n) is 6.46. The van der Waals surface area contributed by atoms with E-state index < -0.39 is 0 Å². The van der Waals surface area contributed by atoms with Crippen LogP contribution in [0.3, 0.4) is 0 Å². The minimum atomic E-state index is -0.333. The Morgan fingerprint density at radius 1 is 1.19 bits per heavy atom. The van der Waals surface area contributed by atoms with Crippen LogP contribution in [0.4, 0.5) is 5.69 Å². The fourth-order valence-electron chi connectivity index (χ4n) is 3.12. The number of halogens is 2. The van der Waals surface area contributed by atoms with Crippen molar-refractivity contribution in [1.82, 2.24) is 10.2 Å². The van der Waals surface area contributed by atoms with Gasteiger partial charge >= 0.3 is 0 Å². The van der Waals surface area contributed by atoms with E-state index in [2.05, 4.69) is 10.6 Å². The maximum absolute atomic E-state index is 12.7. The molecule has 0 saturated carbocycles. The molecule has 2 aromatic rings. The van der Waals surface area contributed by atoms with E-state index in [4.69, 9.17) is 23.2 Å². The Morgan fingerprint density at radius 2 is 2.04 bits per heavy atom. The van der Waals surface area contributed by atoms with Gasteiger partial charge in [-0.15, -0.1) is 11.3 Å². The zero-order valence-corrected chi connectivity index (χ0v) is 17.0. The molecular formula is C19H21Cl2N3O2S. The molecule has 144 valence electrons. The van der Waals surface area contributed by atoms with E-state index in [-0.39, 0.29) is 24.4 Å². The van der Waals surface area contributed by atoms with E-state index in [1.165, 1.54) is 0 Å². The van der Waals surface area contributed by atoms with Gasteiger partial charge in [-0.25, -0.2) is 0 Å². The molecule has 2 amide bonds. The third-order valence-electron chi connectivity index (χ3n) is 4.49. The molecule has 0 bridgehead atoms. The summed E-state index contributed by atoms with van der Waals surface area (Å²) in [5.41, 5.74) is 0.599. The van der Waals surface area contributed by atoms with Crippen LogP contribution in [0.1, 0.15) is 24.1 Å². The lowest BCUT2D eigenvalue weighted by Gasteiger charge is -2.34. The Bertz CT molecular complexity index is 798. The summed E-state index contributed by atoms with van der Waals surface area (Å²) in [4.78, 5) is 28.1. The number of nitrogens with one attached hydrogen (secondary N) is 2. The van der Waals surface area contributed by atoms with Crippen LogP contribution in [0.2, 0.25) is 10.0 Å². The van der Waals surface area contributed by atoms with Crippen molar-refractivity contribution in [3.63, 3.8) is 0 Å². The molecule has 5 nitrogen and oxygen atoms in total. The molecule has 1 aliphatic heterocycles. The summed E-state index contributed by atoms with van der Waals surface area (Å²) in [6, 6.07) is 8.60. The van der Waals surface area contributed by atoms with Crippen molar-refractivity contribution in [2.45, 2.75) is 31.8 Å². The third-order valence-corrected chi connectivity index (χ3v) is 6.11. The first-order valence-corrected chi connectivity index (χ1v) is 10.5. The minimum absolute atomic E-state index is 0.0716. The van der Waals surface area contributed by atoms with Gasteiger partial charge in [-0.05, 0) is 49.0 Å². The summed E-state index contributed by atoms with van der Waals surface area (Å²) in [7, 11) is 0. The number of carbonyl (C=O) groups excluding carboxylic acids is 2. The lowest BCUT2D eigenvalue weighted by molar-refractivity contribution is -0.127. The van der Waals surface area contributed by atoms with Crippen LogP contribution in [-0.2, 0) is 16.1 Å². The largest absolute Gasteiger partial charge is 0.350 e. The van der Waals surface area contributed by atoms with Gasteiger partial charge in [-0.3, -0.25) is 14.5 Å². The summed E-state index contributed by atoms with van der Waals surface area (Å²) in [6.45, 7) is 1.46. The number of amides is 2. The smallest absolute Gasteiger partial charge is 0.241 e. The van der Waals surface area contributed by atoms with Crippen LogP contribution in [0.5, 0.6) is 0 Å². The molecule has 27 heavy (non-hydrogen) atoms. The maximum atomic E-state index is 12.7. The number of piperidine rings is 1. The van der Waals surface area contributed by atoms with Gasteiger partial charge < -0.3 is 10.6 Å². The number of carbonyl (C=O) groups is 2. The maximum Gasteiger partial charge on any atom is 0.241 e. The van der Waals surface area contributed by atoms with Crippen molar-refractivity contribution in [2.75, 3.05) is 18.4 Å². The zero-order chi connectivity index (χ0) is 19.2. The third kappa shape index (κ3) is 5.69. The molecule has 2 heterocycles. The standard InChI is InChI=1S/C19H21Cl2N3O2S/c20-15-7-6-13(10-16(15)21)23-19(26)17-5-1-2-8-24(17)12-18(25)22-11-14-4-3-9-27-14/h3-4,6-7,9-10,17H,1-2,5,8,11-12H2,(H,22,25)(H,23,26). The molecule has 8 heteroatoms. The highest BCUT2D eigenvalue weighted by atomic mass is 35.5. The molecule has 0 spiro atoms. The van der Waals surface area contributed by atoms with E-state index in [0.29, 0.717) is 22.3 Å². The van der Waals surface area contributed by atoms with E-state index in [0.717, 1.165) is 30.7 Å². The number of likely N-dealkylation sites (tertiary alicyclic amines) is 1. The predicted molar refractivity (Wildman–Crippen MR) is 110 cm³/mol. The predicted octanol–water partition coefficient (Wildman–Crippen LogP) is 4.16. The Labute approximate surface area is 172 Å². The van der Waals surface area contributed by atoms with Gasteiger partial charge in [0, 0.05) is 10.6 Å². The fourth-order valence-corrected chi connectivity index (χ4v) is 4.06. The Hall–Kier alpha value is -1.60. The number of hydrogen-bond acceptors (Lipinski definition) is 4. The van der Waals surface area contributed by atoms with E-state index in [1.807, 2.05) is 22.4 Å². The first kappa shape index (κ1) is 20.1. The van der Waals surface area contributed by atoms with Crippen molar-refractivity contribution in [3.8, 4) is 0 Å². The number of nitrogens with zero attached hydrogens (tertiary/aromatic N) is 1. The Kier molecular flexibility index (Phi) is 7.13. The van der Waals surface area contributed by atoms with Gasteiger partial charge in [0.15, 0.2) is 0 Å². The molecule has 1 aliphatic rings. The van der Waals surface area contributed by atoms with Gasteiger partial charge in [0.1, 0.15) is 0 Å². The molecule has 2 N–H and O–H groups in total. The van der Waals surface area contributed by atoms with Crippen molar-refractivity contribution in [3.05, 3.63) is 50.6 Å². The van der Waals surface area contributed by atoms with Crippen molar-refractivity contribution >= 4 is 52.0 Å². The van der Waals surface area contributed by atoms with Crippen LogP contribution >= 0.6 is 34.5 Å². The number of anilines is 1. The van der Waals surface area contributed by atoms with Gasteiger partial charge in [-0.1, -0.05) is 35.7 Å². The van der Waals surface area contributed by atoms with E-state index in [1.54, 1.807) is 29.5 Å². The van der Waals surface area contributed by atoms with Crippen molar-refractivity contribution in [2.24, 2.45) is 0 Å². The summed E-state index contributed by atoms with van der Waals surface area (Å²) >= 11 is 13.5. The summed E-state index contributed by atoms with van der Waals surface area (Å²) in [6.07, 6.45) is 2.67. The van der Waals surface area contributed by atoms with Gasteiger partial charge in [0.05, 0.1) is 29.2 Å². The molecular weight excluding hydrogens is 405 g/mol. The fraction of sp³-hybridized carbons (Fsp3) is 0.368. The number of rotatable bonds is 6. The van der Waals surface area contributed by atoms with Crippen LogP contribution in [0, 0.1) is 0 Å². The first-order valence-electron chi connectivity index (χ1n) is 8.82. The van der Waals surface area contributed by atoms with Gasteiger partial charge in [-0.2, -0.15) is 0 Å². The number of thiophene rings is 1. The highest BCUT2D eigenvalue weighted by Crippen LogP contribution is 2.26. The van der Waals surface area contributed by atoms with E-state index in [9.17, 15) is 9.59 Å². The Balaban J connectivity index is 1.57. The van der Waals surface area contributed by atoms with Crippen LogP contribution < -0.4 is 10.6 Å². The second kappa shape index (κ2) is 9.55. The zero-order valence-electron chi connectivity index (χ0n) is 14.7. The molecule has 1 fully saturated rings. The van der Waals surface area contributed by atoms with Crippen LogP contribution in [0.15, 0.2) is 35.7 Å². The molecule has 1 aromatic heterocycles. The highest BCUT2D eigenvalue weighted by molar-refractivity contribution is 7.09. The molecule has 1 saturated heterocycles. The normalized spacial score (nSPS) is 17.5. The molecule has 0 aliphatic carbocycles. The van der Waals surface area contributed by atoms with Gasteiger partial charge in [0.25, 0.3) is 0 Å². The van der Waals surface area contributed by atoms with Crippen LogP contribution in [-0.4, -0.2) is 35.8 Å². The summed E-state index contributed by atoms with van der Waals surface area (Å²) in [5, 5.41) is 8.62. The monoisotopic (exact) mass is 425 g/mol. The molecule has 1 unspecified atom stereocenters. The molecule has 1 atom stereocenters. The van der Waals surface area contributed by atoms with Crippen molar-refractivity contribution < 1.29 is 9.59 Å². The highest BCUT2D eigenvalue weighted by Gasteiger charge is 2.30. The lowest BCUT2D eigenvalue weighted by atomic mass is 10.0. The van der Waals surface area contributed by atoms with E-state index >= 15 is 0 Å². The topological polar surface area (TPSA) is 61.4 Å².